The van der Waals surface area contributed by atoms with E-state index in [4.69, 9.17) is 21.1 Å². The third kappa shape index (κ3) is 4.56. The molecule has 0 aliphatic carbocycles. The zero-order chi connectivity index (χ0) is 20.1. The van der Waals surface area contributed by atoms with Gasteiger partial charge in [-0.05, 0) is 37.3 Å². The average Bonchev–Trinajstić information content (AvgIpc) is 2.71. The summed E-state index contributed by atoms with van der Waals surface area (Å²) in [7, 11) is 1.57. The molecule has 150 valence electrons. The van der Waals surface area contributed by atoms with Gasteiger partial charge >= 0.3 is 0 Å². The van der Waals surface area contributed by atoms with Gasteiger partial charge in [-0.3, -0.25) is 9.69 Å². The van der Waals surface area contributed by atoms with Crippen LogP contribution in [-0.2, 0) is 6.54 Å². The molecule has 1 saturated heterocycles. The Morgan fingerprint density at radius 1 is 1.14 bits per heavy atom. The number of ether oxygens (including phenoxy) is 2. The lowest BCUT2D eigenvalue weighted by atomic mass is 10.1. The number of hydrogen-bond acceptors (Lipinski definition) is 4. The molecule has 1 aliphatic heterocycles. The molecular formula is C21H24ClFN2O3. The highest BCUT2D eigenvalue weighted by Gasteiger charge is 2.24. The van der Waals surface area contributed by atoms with E-state index in [0.29, 0.717) is 67.0 Å². The number of carbonyl (C=O) groups is 1. The van der Waals surface area contributed by atoms with E-state index in [2.05, 4.69) is 4.90 Å². The third-order valence-electron chi connectivity index (χ3n) is 4.81. The topological polar surface area (TPSA) is 42.0 Å². The molecule has 7 heteroatoms. The van der Waals surface area contributed by atoms with Crippen molar-refractivity contribution in [2.24, 2.45) is 0 Å². The van der Waals surface area contributed by atoms with Crippen molar-refractivity contribution in [3.8, 4) is 11.5 Å². The van der Waals surface area contributed by atoms with Gasteiger partial charge in [-0.1, -0.05) is 17.7 Å². The van der Waals surface area contributed by atoms with Crippen LogP contribution in [0, 0.1) is 5.82 Å². The lowest BCUT2D eigenvalue weighted by Crippen LogP contribution is -2.48. The first-order chi connectivity index (χ1) is 13.5. The SMILES string of the molecule is CCOc1cc(C(=O)N2CCN(Cc3c(F)cccc3Cl)CC2)ccc1OC. The third-order valence-corrected chi connectivity index (χ3v) is 5.17. The lowest BCUT2D eigenvalue weighted by molar-refractivity contribution is 0.0626. The number of nitrogens with zero attached hydrogens (tertiary/aromatic N) is 2. The Morgan fingerprint density at radius 3 is 2.54 bits per heavy atom. The van der Waals surface area contributed by atoms with Crippen LogP contribution in [0.1, 0.15) is 22.8 Å². The Morgan fingerprint density at radius 2 is 1.89 bits per heavy atom. The van der Waals surface area contributed by atoms with Crippen molar-refractivity contribution >= 4 is 17.5 Å². The molecule has 0 spiro atoms. The largest absolute Gasteiger partial charge is 0.493 e. The zero-order valence-electron chi connectivity index (χ0n) is 16.1. The predicted molar refractivity (Wildman–Crippen MR) is 107 cm³/mol. The van der Waals surface area contributed by atoms with E-state index < -0.39 is 0 Å². The second kappa shape index (κ2) is 9.26. The highest BCUT2D eigenvalue weighted by molar-refractivity contribution is 6.31. The summed E-state index contributed by atoms with van der Waals surface area (Å²) in [5.74, 6) is 0.813. The monoisotopic (exact) mass is 406 g/mol. The molecule has 0 N–H and O–H groups in total. The van der Waals surface area contributed by atoms with Crippen LogP contribution in [0.4, 0.5) is 4.39 Å². The minimum absolute atomic E-state index is 0.0489. The quantitative estimate of drug-likeness (QED) is 0.730. The molecule has 1 fully saturated rings. The molecule has 1 aliphatic rings. The van der Waals surface area contributed by atoms with E-state index >= 15 is 0 Å². The molecule has 0 bridgehead atoms. The van der Waals surface area contributed by atoms with Gasteiger partial charge in [-0.25, -0.2) is 4.39 Å². The Bertz CT molecular complexity index is 818. The standard InChI is InChI=1S/C21H24ClFN2O3/c1-3-28-20-13-15(7-8-19(20)27-2)21(26)25-11-9-24(10-12-25)14-16-17(22)5-4-6-18(16)23/h4-8,13H,3,9-12,14H2,1-2H3. The molecule has 1 heterocycles. The number of amides is 1. The van der Waals surface area contributed by atoms with Gasteiger partial charge in [0.15, 0.2) is 11.5 Å². The van der Waals surface area contributed by atoms with Crippen molar-refractivity contribution in [2.75, 3.05) is 39.9 Å². The normalized spacial score (nSPS) is 14.8. The summed E-state index contributed by atoms with van der Waals surface area (Å²) >= 11 is 6.12. The van der Waals surface area contributed by atoms with Crippen LogP contribution in [0.5, 0.6) is 11.5 Å². The summed E-state index contributed by atoms with van der Waals surface area (Å²) < 4.78 is 24.8. The fourth-order valence-corrected chi connectivity index (χ4v) is 3.50. The molecule has 5 nitrogen and oxygen atoms in total. The van der Waals surface area contributed by atoms with Gasteiger partial charge in [0.25, 0.3) is 5.91 Å². The van der Waals surface area contributed by atoms with E-state index in [0.717, 1.165) is 0 Å². The number of halogens is 2. The molecule has 0 saturated carbocycles. The van der Waals surface area contributed by atoms with Crippen molar-refractivity contribution < 1.29 is 18.7 Å². The zero-order valence-corrected chi connectivity index (χ0v) is 16.8. The summed E-state index contributed by atoms with van der Waals surface area (Å²) in [4.78, 5) is 16.8. The highest BCUT2D eigenvalue weighted by atomic mass is 35.5. The van der Waals surface area contributed by atoms with Gasteiger partial charge in [-0.2, -0.15) is 0 Å². The smallest absolute Gasteiger partial charge is 0.254 e. The van der Waals surface area contributed by atoms with Crippen molar-refractivity contribution in [3.05, 3.63) is 58.4 Å². The van der Waals surface area contributed by atoms with Crippen LogP contribution in [-0.4, -0.2) is 55.6 Å². The first-order valence-electron chi connectivity index (χ1n) is 9.28. The number of piperazine rings is 1. The van der Waals surface area contributed by atoms with Gasteiger partial charge in [0, 0.05) is 48.9 Å². The molecule has 0 radical (unpaired) electrons. The molecule has 0 aromatic heterocycles. The molecule has 0 atom stereocenters. The summed E-state index contributed by atoms with van der Waals surface area (Å²) in [5.41, 5.74) is 1.07. The first kappa shape index (κ1) is 20.4. The number of carbonyl (C=O) groups excluding carboxylic acids is 1. The molecule has 2 aromatic rings. The van der Waals surface area contributed by atoms with Crippen LogP contribution >= 0.6 is 11.6 Å². The Hall–Kier alpha value is -2.31. The maximum absolute atomic E-state index is 14.0. The van der Waals surface area contributed by atoms with E-state index in [9.17, 15) is 9.18 Å². The van der Waals surface area contributed by atoms with Crippen LogP contribution in [0.3, 0.4) is 0 Å². The van der Waals surface area contributed by atoms with E-state index in [1.54, 1.807) is 42.3 Å². The van der Waals surface area contributed by atoms with Gasteiger partial charge < -0.3 is 14.4 Å². The van der Waals surface area contributed by atoms with Gasteiger partial charge in [0.05, 0.1) is 13.7 Å². The Balaban J connectivity index is 1.63. The lowest BCUT2D eigenvalue weighted by Gasteiger charge is -2.35. The van der Waals surface area contributed by atoms with Gasteiger partial charge in [0.1, 0.15) is 5.82 Å². The Kier molecular flexibility index (Phi) is 6.75. The van der Waals surface area contributed by atoms with Gasteiger partial charge in [0.2, 0.25) is 0 Å². The minimum atomic E-state index is -0.298. The molecular weight excluding hydrogens is 383 g/mol. The maximum Gasteiger partial charge on any atom is 0.254 e. The average molecular weight is 407 g/mol. The minimum Gasteiger partial charge on any atom is -0.493 e. The summed E-state index contributed by atoms with van der Waals surface area (Å²) in [6.45, 7) is 5.27. The first-order valence-corrected chi connectivity index (χ1v) is 9.66. The van der Waals surface area contributed by atoms with Crippen molar-refractivity contribution in [1.29, 1.82) is 0 Å². The van der Waals surface area contributed by atoms with E-state index in [1.165, 1.54) is 6.07 Å². The van der Waals surface area contributed by atoms with Crippen molar-refractivity contribution in [3.63, 3.8) is 0 Å². The fourth-order valence-electron chi connectivity index (χ4n) is 3.28. The van der Waals surface area contributed by atoms with Crippen LogP contribution in [0.25, 0.3) is 0 Å². The van der Waals surface area contributed by atoms with Crippen LogP contribution in [0.2, 0.25) is 5.02 Å². The summed E-state index contributed by atoms with van der Waals surface area (Å²) in [6, 6.07) is 9.92. The summed E-state index contributed by atoms with van der Waals surface area (Å²) in [6.07, 6.45) is 0. The van der Waals surface area contributed by atoms with E-state index in [-0.39, 0.29) is 11.7 Å². The molecule has 28 heavy (non-hydrogen) atoms. The van der Waals surface area contributed by atoms with Gasteiger partial charge in [-0.15, -0.1) is 0 Å². The number of rotatable bonds is 6. The second-order valence-electron chi connectivity index (χ2n) is 6.57. The maximum atomic E-state index is 14.0. The number of methoxy groups -OCH3 is 1. The molecule has 3 rings (SSSR count). The summed E-state index contributed by atoms with van der Waals surface area (Å²) in [5, 5.41) is 0.431. The van der Waals surface area contributed by atoms with Crippen LogP contribution in [0.15, 0.2) is 36.4 Å². The number of hydrogen-bond donors (Lipinski definition) is 0. The second-order valence-corrected chi connectivity index (χ2v) is 6.97. The molecule has 0 unspecified atom stereocenters. The van der Waals surface area contributed by atoms with Crippen molar-refractivity contribution in [2.45, 2.75) is 13.5 Å². The van der Waals surface area contributed by atoms with Crippen molar-refractivity contribution in [1.82, 2.24) is 9.80 Å². The molecule has 1 amide bonds. The molecule has 2 aromatic carbocycles. The van der Waals surface area contributed by atoms with Crippen LogP contribution < -0.4 is 9.47 Å². The highest BCUT2D eigenvalue weighted by Crippen LogP contribution is 2.29. The number of benzene rings is 2. The predicted octanol–water partition coefficient (Wildman–Crippen LogP) is 3.84. The Labute approximate surface area is 169 Å². The van der Waals surface area contributed by atoms with E-state index in [1.807, 2.05) is 6.92 Å². The fraction of sp³-hybridized carbons (Fsp3) is 0.381.